The van der Waals surface area contributed by atoms with E-state index in [2.05, 4.69) is 5.32 Å². The van der Waals surface area contributed by atoms with Gasteiger partial charge in [-0.15, -0.1) is 0 Å². The van der Waals surface area contributed by atoms with E-state index >= 15 is 0 Å². The van der Waals surface area contributed by atoms with Crippen molar-refractivity contribution in [1.82, 2.24) is 0 Å². The molecule has 0 amide bonds. The van der Waals surface area contributed by atoms with Crippen LogP contribution in [0.2, 0.25) is 5.02 Å². The molecule has 0 fully saturated rings. The van der Waals surface area contributed by atoms with E-state index in [9.17, 15) is 4.79 Å². The fraction of sp³-hybridized carbons (Fsp3) is 0.462. The fourth-order valence-electron chi connectivity index (χ4n) is 1.61. The van der Waals surface area contributed by atoms with E-state index < -0.39 is 5.54 Å². The van der Waals surface area contributed by atoms with Gasteiger partial charge in [0.05, 0.1) is 13.2 Å². The number of rotatable bonds is 6. The lowest BCUT2D eigenvalue weighted by molar-refractivity contribution is -0.149. The second kappa shape index (κ2) is 6.61. The molecule has 0 saturated carbocycles. The number of ether oxygens (including phenoxy) is 2. The van der Waals surface area contributed by atoms with Crippen molar-refractivity contribution in [2.24, 2.45) is 0 Å². The molecule has 4 nitrogen and oxygen atoms in total. The Morgan fingerprint density at radius 1 is 1.50 bits per heavy atom. The first kappa shape index (κ1) is 14.8. The number of benzene rings is 1. The summed E-state index contributed by atoms with van der Waals surface area (Å²) in [5.41, 5.74) is -0.190. The van der Waals surface area contributed by atoms with Gasteiger partial charge in [-0.05, 0) is 32.0 Å². The van der Waals surface area contributed by atoms with Gasteiger partial charge in [0.2, 0.25) is 0 Å². The summed E-state index contributed by atoms with van der Waals surface area (Å²) in [5, 5.41) is 3.70. The molecule has 0 radical (unpaired) electrons. The van der Waals surface area contributed by atoms with Crippen LogP contribution in [0.4, 0.5) is 5.69 Å². The van der Waals surface area contributed by atoms with Crippen molar-refractivity contribution in [2.45, 2.75) is 19.4 Å². The van der Waals surface area contributed by atoms with E-state index in [4.69, 9.17) is 21.1 Å². The Labute approximate surface area is 112 Å². The first-order chi connectivity index (χ1) is 8.51. The molecular weight excluding hydrogens is 254 g/mol. The third-order valence-corrected chi connectivity index (χ3v) is 2.64. The van der Waals surface area contributed by atoms with Gasteiger partial charge in [0.1, 0.15) is 0 Å². The molecular formula is C13H18ClNO3. The fourth-order valence-corrected chi connectivity index (χ4v) is 1.80. The van der Waals surface area contributed by atoms with Crippen molar-refractivity contribution in [3.63, 3.8) is 0 Å². The third kappa shape index (κ3) is 3.89. The lowest BCUT2D eigenvalue weighted by atomic mass is 10.0. The molecule has 1 unspecified atom stereocenters. The Morgan fingerprint density at radius 2 is 2.22 bits per heavy atom. The molecule has 5 heteroatoms. The second-order valence-corrected chi connectivity index (χ2v) is 4.56. The molecule has 0 aliphatic carbocycles. The van der Waals surface area contributed by atoms with Crippen LogP contribution in [0.15, 0.2) is 24.3 Å². The van der Waals surface area contributed by atoms with Crippen LogP contribution in [-0.4, -0.2) is 31.8 Å². The molecule has 1 atom stereocenters. The summed E-state index contributed by atoms with van der Waals surface area (Å²) >= 11 is 5.90. The predicted octanol–water partition coefficient (Wildman–Crippen LogP) is 2.72. The third-order valence-electron chi connectivity index (χ3n) is 2.40. The number of methoxy groups -OCH3 is 1. The number of carbonyl (C=O) groups excluding carboxylic acids is 1. The smallest absolute Gasteiger partial charge is 0.333 e. The van der Waals surface area contributed by atoms with Crippen molar-refractivity contribution in [1.29, 1.82) is 0 Å². The maximum atomic E-state index is 11.9. The molecule has 18 heavy (non-hydrogen) atoms. The highest BCUT2D eigenvalue weighted by Gasteiger charge is 2.34. The molecule has 0 aliphatic heterocycles. The largest absolute Gasteiger partial charge is 0.464 e. The minimum Gasteiger partial charge on any atom is -0.464 e. The summed E-state index contributed by atoms with van der Waals surface area (Å²) in [6.07, 6.45) is 0. The van der Waals surface area contributed by atoms with Gasteiger partial charge in [-0.3, -0.25) is 0 Å². The number of halogens is 1. The van der Waals surface area contributed by atoms with Crippen LogP contribution < -0.4 is 5.32 Å². The van der Waals surface area contributed by atoms with E-state index in [0.717, 1.165) is 5.69 Å². The molecule has 1 N–H and O–H groups in total. The number of nitrogens with one attached hydrogen (secondary N) is 1. The average molecular weight is 272 g/mol. The highest BCUT2D eigenvalue weighted by molar-refractivity contribution is 6.30. The zero-order chi connectivity index (χ0) is 13.6. The standard InChI is InChI=1S/C13H18ClNO3/c1-4-18-12(16)13(2,9-17-3)15-11-7-5-6-10(14)8-11/h5-8,15H,4,9H2,1-3H3. The van der Waals surface area contributed by atoms with Gasteiger partial charge in [-0.1, -0.05) is 17.7 Å². The molecule has 0 bridgehead atoms. The first-order valence-corrected chi connectivity index (χ1v) is 6.09. The van der Waals surface area contributed by atoms with Crippen molar-refractivity contribution in [2.75, 3.05) is 25.6 Å². The van der Waals surface area contributed by atoms with E-state index in [1.54, 1.807) is 26.0 Å². The van der Waals surface area contributed by atoms with Gasteiger partial charge in [0.15, 0.2) is 5.54 Å². The van der Waals surface area contributed by atoms with Crippen LogP contribution in [0.3, 0.4) is 0 Å². The zero-order valence-electron chi connectivity index (χ0n) is 10.8. The summed E-state index contributed by atoms with van der Waals surface area (Å²) < 4.78 is 10.1. The van der Waals surface area contributed by atoms with Crippen molar-refractivity contribution in [3.8, 4) is 0 Å². The van der Waals surface area contributed by atoms with Gasteiger partial charge >= 0.3 is 5.97 Å². The Morgan fingerprint density at radius 3 is 2.78 bits per heavy atom. The van der Waals surface area contributed by atoms with E-state index in [-0.39, 0.29) is 12.6 Å². The first-order valence-electron chi connectivity index (χ1n) is 5.71. The van der Waals surface area contributed by atoms with Crippen molar-refractivity contribution >= 4 is 23.3 Å². The SMILES string of the molecule is CCOC(=O)C(C)(COC)Nc1cccc(Cl)c1. The van der Waals surface area contributed by atoms with Gasteiger partial charge in [-0.2, -0.15) is 0 Å². The molecule has 0 saturated heterocycles. The van der Waals surface area contributed by atoms with Gasteiger partial charge < -0.3 is 14.8 Å². The summed E-state index contributed by atoms with van der Waals surface area (Å²) in [7, 11) is 1.54. The van der Waals surface area contributed by atoms with Crippen LogP contribution in [0, 0.1) is 0 Å². The maximum Gasteiger partial charge on any atom is 0.333 e. The van der Waals surface area contributed by atoms with Gasteiger partial charge in [0.25, 0.3) is 0 Å². The number of esters is 1. The van der Waals surface area contributed by atoms with Crippen LogP contribution in [0.1, 0.15) is 13.8 Å². The number of hydrogen-bond acceptors (Lipinski definition) is 4. The Bertz CT molecular complexity index is 411. The van der Waals surface area contributed by atoms with Crippen LogP contribution >= 0.6 is 11.6 Å². The van der Waals surface area contributed by atoms with E-state index in [1.165, 1.54) is 7.11 Å². The Balaban J connectivity index is 2.88. The molecule has 0 aliphatic rings. The van der Waals surface area contributed by atoms with Crippen LogP contribution in [-0.2, 0) is 14.3 Å². The quantitative estimate of drug-likeness (QED) is 0.808. The number of hydrogen-bond donors (Lipinski definition) is 1. The van der Waals surface area contributed by atoms with Crippen LogP contribution in [0.5, 0.6) is 0 Å². The Kier molecular flexibility index (Phi) is 5.44. The highest BCUT2D eigenvalue weighted by Crippen LogP contribution is 2.20. The van der Waals surface area contributed by atoms with Crippen molar-refractivity contribution in [3.05, 3.63) is 29.3 Å². The normalized spacial score (nSPS) is 13.8. The molecule has 0 aromatic heterocycles. The molecule has 1 aromatic rings. The molecule has 0 heterocycles. The zero-order valence-corrected chi connectivity index (χ0v) is 11.6. The summed E-state index contributed by atoms with van der Waals surface area (Å²) in [4.78, 5) is 11.9. The minimum atomic E-state index is -0.935. The van der Waals surface area contributed by atoms with E-state index in [0.29, 0.717) is 11.6 Å². The number of anilines is 1. The number of carbonyl (C=O) groups is 1. The minimum absolute atomic E-state index is 0.207. The van der Waals surface area contributed by atoms with Crippen LogP contribution in [0.25, 0.3) is 0 Å². The maximum absolute atomic E-state index is 11.9. The molecule has 1 aromatic carbocycles. The molecule has 1 rings (SSSR count). The lowest BCUT2D eigenvalue weighted by Gasteiger charge is -2.28. The van der Waals surface area contributed by atoms with Crippen molar-refractivity contribution < 1.29 is 14.3 Å². The average Bonchev–Trinajstić information content (AvgIpc) is 2.29. The molecule has 100 valence electrons. The Hall–Kier alpha value is -1.26. The lowest BCUT2D eigenvalue weighted by Crippen LogP contribution is -2.48. The molecule has 0 spiro atoms. The summed E-state index contributed by atoms with van der Waals surface area (Å²) in [6.45, 7) is 4.04. The van der Waals surface area contributed by atoms with Gasteiger partial charge in [0, 0.05) is 17.8 Å². The summed E-state index contributed by atoms with van der Waals surface area (Å²) in [6, 6.07) is 7.15. The van der Waals surface area contributed by atoms with E-state index in [1.807, 2.05) is 12.1 Å². The predicted molar refractivity (Wildman–Crippen MR) is 72.0 cm³/mol. The van der Waals surface area contributed by atoms with Gasteiger partial charge in [-0.25, -0.2) is 4.79 Å². The monoisotopic (exact) mass is 271 g/mol. The topological polar surface area (TPSA) is 47.6 Å². The second-order valence-electron chi connectivity index (χ2n) is 4.12. The highest BCUT2D eigenvalue weighted by atomic mass is 35.5. The summed E-state index contributed by atoms with van der Waals surface area (Å²) in [5.74, 6) is -0.355.